The standard InChI is InChI=1S/C17H23NO4/c1-2-22-16-9-11(3-6-14(16)20)17-13-5-4-12(10-15(13)21)18(17)7-8-19/h3,6,9,12-13,17,19-20H,2,4-5,7-8,10H2,1H3. The van der Waals surface area contributed by atoms with Crippen molar-refractivity contribution in [3.8, 4) is 11.5 Å². The molecule has 2 heterocycles. The molecule has 3 atom stereocenters. The van der Waals surface area contributed by atoms with Crippen molar-refractivity contribution in [2.75, 3.05) is 19.8 Å². The predicted molar refractivity (Wildman–Crippen MR) is 81.9 cm³/mol. The van der Waals surface area contributed by atoms with Gasteiger partial charge in [0.2, 0.25) is 0 Å². The molecule has 5 nitrogen and oxygen atoms in total. The molecule has 0 amide bonds. The van der Waals surface area contributed by atoms with Gasteiger partial charge in [0.25, 0.3) is 0 Å². The molecular formula is C17H23NO4. The van der Waals surface area contributed by atoms with E-state index in [0.717, 1.165) is 18.4 Å². The lowest BCUT2D eigenvalue weighted by Gasteiger charge is -2.50. The number of nitrogens with zero attached hydrogens (tertiary/aromatic N) is 1. The van der Waals surface area contributed by atoms with Crippen molar-refractivity contribution in [2.24, 2.45) is 5.92 Å². The molecule has 4 rings (SSSR count). The minimum Gasteiger partial charge on any atom is -0.504 e. The molecule has 3 fully saturated rings. The lowest BCUT2D eigenvalue weighted by atomic mass is 9.71. The molecule has 1 saturated carbocycles. The molecule has 3 aliphatic rings. The molecule has 1 aliphatic carbocycles. The lowest BCUT2D eigenvalue weighted by Crippen LogP contribution is -2.54. The molecule has 1 aromatic carbocycles. The molecule has 0 aromatic heterocycles. The van der Waals surface area contributed by atoms with Gasteiger partial charge >= 0.3 is 0 Å². The normalized spacial score (nSPS) is 28.1. The molecule has 2 bridgehead atoms. The van der Waals surface area contributed by atoms with E-state index in [2.05, 4.69) is 4.90 Å². The largest absolute Gasteiger partial charge is 0.504 e. The van der Waals surface area contributed by atoms with E-state index >= 15 is 0 Å². The first-order chi connectivity index (χ1) is 10.7. The smallest absolute Gasteiger partial charge is 0.161 e. The van der Waals surface area contributed by atoms with Crippen molar-refractivity contribution >= 4 is 5.78 Å². The van der Waals surface area contributed by atoms with Crippen LogP contribution in [0, 0.1) is 5.92 Å². The van der Waals surface area contributed by atoms with Crippen LogP contribution in [0.3, 0.4) is 0 Å². The summed E-state index contributed by atoms with van der Waals surface area (Å²) in [4.78, 5) is 14.5. The van der Waals surface area contributed by atoms with Gasteiger partial charge < -0.3 is 14.9 Å². The summed E-state index contributed by atoms with van der Waals surface area (Å²) in [6.45, 7) is 3.01. The number of Topliss-reactive ketones (excluding diaryl/α,β-unsaturated/α-hetero) is 1. The van der Waals surface area contributed by atoms with Gasteiger partial charge in [-0.1, -0.05) is 6.07 Å². The fraction of sp³-hybridized carbons (Fsp3) is 0.588. The van der Waals surface area contributed by atoms with E-state index in [4.69, 9.17) is 4.74 Å². The highest BCUT2D eigenvalue weighted by molar-refractivity contribution is 5.84. The first-order valence-corrected chi connectivity index (χ1v) is 8.00. The molecule has 0 spiro atoms. The highest BCUT2D eigenvalue weighted by Crippen LogP contribution is 2.46. The van der Waals surface area contributed by atoms with Crippen LogP contribution in [0.1, 0.15) is 37.8 Å². The first kappa shape index (κ1) is 15.3. The second-order valence-corrected chi connectivity index (χ2v) is 6.07. The number of ether oxygens (including phenoxy) is 1. The Labute approximate surface area is 130 Å². The number of rotatable bonds is 5. The molecule has 22 heavy (non-hydrogen) atoms. The Bertz CT molecular complexity index is 560. The van der Waals surface area contributed by atoms with Gasteiger partial charge in [-0.15, -0.1) is 0 Å². The topological polar surface area (TPSA) is 70.0 Å². The number of hydrogen-bond acceptors (Lipinski definition) is 5. The third kappa shape index (κ3) is 2.59. The van der Waals surface area contributed by atoms with E-state index in [0.29, 0.717) is 31.1 Å². The van der Waals surface area contributed by atoms with Gasteiger partial charge in [0.1, 0.15) is 5.78 Å². The number of aliphatic hydroxyl groups excluding tert-OH is 1. The Kier molecular flexibility index (Phi) is 4.36. The number of aromatic hydroxyl groups is 1. The Morgan fingerprint density at radius 3 is 2.86 bits per heavy atom. The fourth-order valence-electron chi connectivity index (χ4n) is 3.94. The van der Waals surface area contributed by atoms with E-state index in [1.165, 1.54) is 0 Å². The van der Waals surface area contributed by atoms with E-state index in [9.17, 15) is 15.0 Å². The number of hydrogen-bond donors (Lipinski definition) is 2. The second-order valence-electron chi connectivity index (χ2n) is 6.07. The maximum Gasteiger partial charge on any atom is 0.161 e. The molecule has 1 aromatic rings. The molecule has 2 aliphatic heterocycles. The van der Waals surface area contributed by atoms with Gasteiger partial charge in [0, 0.05) is 31.0 Å². The number of fused-ring (bicyclic) bond motifs is 3. The average molecular weight is 305 g/mol. The second kappa shape index (κ2) is 6.26. The van der Waals surface area contributed by atoms with Crippen LogP contribution in [0.2, 0.25) is 0 Å². The third-order valence-corrected chi connectivity index (χ3v) is 4.85. The Hall–Kier alpha value is -1.59. The summed E-state index contributed by atoms with van der Waals surface area (Å²) in [7, 11) is 0. The van der Waals surface area contributed by atoms with E-state index in [-0.39, 0.29) is 30.4 Å². The maximum atomic E-state index is 12.3. The summed E-state index contributed by atoms with van der Waals surface area (Å²) < 4.78 is 5.47. The van der Waals surface area contributed by atoms with Crippen LogP contribution < -0.4 is 4.74 Å². The van der Waals surface area contributed by atoms with Crippen molar-refractivity contribution in [1.82, 2.24) is 4.90 Å². The monoisotopic (exact) mass is 305 g/mol. The van der Waals surface area contributed by atoms with Gasteiger partial charge in [-0.3, -0.25) is 9.69 Å². The Morgan fingerprint density at radius 2 is 2.18 bits per heavy atom. The zero-order valence-electron chi connectivity index (χ0n) is 12.9. The van der Waals surface area contributed by atoms with Crippen LogP contribution in [-0.2, 0) is 4.79 Å². The Balaban J connectivity index is 1.96. The Morgan fingerprint density at radius 1 is 1.36 bits per heavy atom. The van der Waals surface area contributed by atoms with Crippen molar-refractivity contribution in [1.29, 1.82) is 0 Å². The number of phenolic OH excluding ortho intramolecular Hbond substituents is 1. The summed E-state index contributed by atoms with van der Waals surface area (Å²) in [5, 5.41) is 19.2. The fourth-order valence-corrected chi connectivity index (χ4v) is 3.94. The van der Waals surface area contributed by atoms with Crippen molar-refractivity contribution in [3.63, 3.8) is 0 Å². The van der Waals surface area contributed by atoms with Gasteiger partial charge in [-0.05, 0) is 37.5 Å². The molecule has 2 N–H and O–H groups in total. The zero-order valence-corrected chi connectivity index (χ0v) is 12.9. The minimum absolute atomic E-state index is 0.0180. The summed E-state index contributed by atoms with van der Waals surface area (Å²) in [5.74, 6) is 0.876. The number of carbonyl (C=O) groups excluding carboxylic acids is 1. The van der Waals surface area contributed by atoms with Crippen molar-refractivity contribution < 1.29 is 19.7 Å². The number of ketones is 1. The quantitative estimate of drug-likeness (QED) is 0.869. The molecule has 2 saturated heterocycles. The molecule has 120 valence electrons. The molecule has 5 heteroatoms. The lowest BCUT2D eigenvalue weighted by molar-refractivity contribution is -0.138. The van der Waals surface area contributed by atoms with Gasteiger partial charge in [-0.25, -0.2) is 0 Å². The van der Waals surface area contributed by atoms with Crippen LogP contribution in [0.15, 0.2) is 18.2 Å². The van der Waals surface area contributed by atoms with E-state index < -0.39 is 0 Å². The van der Waals surface area contributed by atoms with Crippen LogP contribution in [-0.4, -0.2) is 46.7 Å². The van der Waals surface area contributed by atoms with Gasteiger partial charge in [-0.2, -0.15) is 0 Å². The summed E-state index contributed by atoms with van der Waals surface area (Å²) >= 11 is 0. The number of phenols is 1. The number of piperidine rings is 2. The third-order valence-electron chi connectivity index (χ3n) is 4.85. The minimum atomic E-state index is -0.0213. The summed E-state index contributed by atoms with van der Waals surface area (Å²) in [6, 6.07) is 5.53. The number of benzene rings is 1. The van der Waals surface area contributed by atoms with Crippen LogP contribution >= 0.6 is 0 Å². The molecule has 3 unspecified atom stereocenters. The van der Waals surface area contributed by atoms with Crippen LogP contribution in [0.25, 0.3) is 0 Å². The molecular weight excluding hydrogens is 282 g/mol. The van der Waals surface area contributed by atoms with Crippen LogP contribution in [0.5, 0.6) is 11.5 Å². The SMILES string of the molecule is CCOc1cc(C2C3CCC(CC3=O)N2CCO)ccc1O. The maximum absolute atomic E-state index is 12.3. The number of aliphatic hydroxyl groups is 1. The van der Waals surface area contributed by atoms with Gasteiger partial charge in [0.15, 0.2) is 11.5 Å². The average Bonchev–Trinajstić information content (AvgIpc) is 2.51. The van der Waals surface area contributed by atoms with Gasteiger partial charge in [0.05, 0.1) is 13.2 Å². The number of carbonyl (C=O) groups is 1. The van der Waals surface area contributed by atoms with Crippen LogP contribution in [0.4, 0.5) is 0 Å². The van der Waals surface area contributed by atoms with Crippen molar-refractivity contribution in [2.45, 2.75) is 38.3 Å². The van der Waals surface area contributed by atoms with E-state index in [1.54, 1.807) is 6.07 Å². The van der Waals surface area contributed by atoms with E-state index in [1.807, 2.05) is 19.1 Å². The summed E-state index contributed by atoms with van der Waals surface area (Å²) in [5.41, 5.74) is 0.984. The predicted octanol–water partition coefficient (Wildman–Crippen LogP) is 1.88. The highest BCUT2D eigenvalue weighted by atomic mass is 16.5. The molecule has 0 radical (unpaired) electrons. The summed E-state index contributed by atoms with van der Waals surface area (Å²) in [6.07, 6.45) is 2.52. The van der Waals surface area contributed by atoms with Crippen molar-refractivity contribution in [3.05, 3.63) is 23.8 Å². The zero-order chi connectivity index (χ0) is 15.7. The first-order valence-electron chi connectivity index (χ1n) is 8.00. The highest BCUT2D eigenvalue weighted by Gasteiger charge is 2.46.